The zero-order chi connectivity index (χ0) is 16.4. The summed E-state index contributed by atoms with van der Waals surface area (Å²) in [5.41, 5.74) is -0.780. The van der Waals surface area contributed by atoms with E-state index in [1.807, 2.05) is 22.4 Å². The summed E-state index contributed by atoms with van der Waals surface area (Å²) in [5, 5.41) is 5.05. The molecule has 1 aromatic heterocycles. The molecule has 1 aromatic carbocycles. The third kappa shape index (κ3) is 3.57. The molecule has 1 N–H and O–H groups in total. The fourth-order valence-corrected chi connectivity index (χ4v) is 3.81. The van der Waals surface area contributed by atoms with Gasteiger partial charge in [-0.2, -0.15) is 13.2 Å². The molecule has 0 aliphatic carbocycles. The summed E-state index contributed by atoms with van der Waals surface area (Å²) in [7, 11) is 0. The van der Waals surface area contributed by atoms with Crippen LogP contribution in [0, 0.1) is 5.82 Å². The second-order valence-corrected chi connectivity index (χ2v) is 6.41. The molecule has 3 rings (SSSR count). The minimum absolute atomic E-state index is 0.114. The smallest absolute Gasteiger partial charge is 0.314 e. The van der Waals surface area contributed by atoms with Crippen LogP contribution in [0.5, 0.6) is 0 Å². The highest BCUT2D eigenvalue weighted by molar-refractivity contribution is 7.10. The van der Waals surface area contributed by atoms with E-state index in [1.165, 1.54) is 17.4 Å². The molecule has 7 heteroatoms. The van der Waals surface area contributed by atoms with Gasteiger partial charge in [-0.1, -0.05) is 12.1 Å². The maximum atomic E-state index is 13.4. The van der Waals surface area contributed by atoms with Crippen LogP contribution in [0.15, 0.2) is 35.7 Å². The van der Waals surface area contributed by atoms with E-state index < -0.39 is 23.6 Å². The van der Waals surface area contributed by atoms with E-state index in [0.29, 0.717) is 19.2 Å². The van der Waals surface area contributed by atoms with Crippen molar-refractivity contribution in [3.8, 4) is 0 Å². The Morgan fingerprint density at radius 2 is 1.87 bits per heavy atom. The van der Waals surface area contributed by atoms with E-state index in [4.69, 9.17) is 0 Å². The molecule has 2 nitrogen and oxygen atoms in total. The first-order chi connectivity index (χ1) is 11.0. The summed E-state index contributed by atoms with van der Waals surface area (Å²) in [6, 6.07) is 6.12. The van der Waals surface area contributed by atoms with Crippen LogP contribution < -0.4 is 5.32 Å². The van der Waals surface area contributed by atoms with E-state index in [1.54, 1.807) is 0 Å². The summed E-state index contributed by atoms with van der Waals surface area (Å²) in [5.74, 6) is -0.869. The van der Waals surface area contributed by atoms with Crippen molar-refractivity contribution >= 4 is 11.3 Å². The lowest BCUT2D eigenvalue weighted by Crippen LogP contribution is -2.45. The van der Waals surface area contributed by atoms with Gasteiger partial charge in [0.1, 0.15) is 5.82 Å². The summed E-state index contributed by atoms with van der Waals surface area (Å²) >= 11 is 1.42. The van der Waals surface area contributed by atoms with Crippen LogP contribution in [-0.4, -0.2) is 31.1 Å². The number of hydrogen-bond acceptors (Lipinski definition) is 3. The van der Waals surface area contributed by atoms with Crippen molar-refractivity contribution in [2.75, 3.05) is 26.2 Å². The van der Waals surface area contributed by atoms with Gasteiger partial charge < -0.3 is 5.32 Å². The SMILES string of the molecule is Fc1ccc([C@H](c2cccs2)N2CCNCC2)c(C(F)(F)F)c1. The molecule has 1 aliphatic heterocycles. The molecular weight excluding hydrogens is 328 g/mol. The molecule has 1 aliphatic rings. The molecule has 0 bridgehead atoms. The molecular formula is C16H16F4N2S. The van der Waals surface area contributed by atoms with Gasteiger partial charge in [-0.15, -0.1) is 11.3 Å². The summed E-state index contributed by atoms with van der Waals surface area (Å²) < 4.78 is 53.6. The lowest BCUT2D eigenvalue weighted by Gasteiger charge is -2.35. The van der Waals surface area contributed by atoms with Crippen molar-refractivity contribution in [2.24, 2.45) is 0 Å². The molecule has 0 saturated carbocycles. The van der Waals surface area contributed by atoms with Crippen LogP contribution in [-0.2, 0) is 6.18 Å². The lowest BCUT2D eigenvalue weighted by molar-refractivity contribution is -0.138. The maximum Gasteiger partial charge on any atom is 0.416 e. The van der Waals surface area contributed by atoms with Crippen molar-refractivity contribution in [2.45, 2.75) is 12.2 Å². The quantitative estimate of drug-likeness (QED) is 0.850. The van der Waals surface area contributed by atoms with E-state index in [0.717, 1.165) is 24.0 Å². The van der Waals surface area contributed by atoms with Gasteiger partial charge in [0.2, 0.25) is 0 Å². The Bertz CT molecular complexity index is 649. The largest absolute Gasteiger partial charge is 0.416 e. The highest BCUT2D eigenvalue weighted by Crippen LogP contribution is 2.40. The first kappa shape index (κ1) is 16.4. The van der Waals surface area contributed by atoms with Gasteiger partial charge in [0.15, 0.2) is 0 Å². The Hall–Kier alpha value is -1.44. The third-order valence-corrected chi connectivity index (χ3v) is 4.87. The molecule has 1 saturated heterocycles. The number of rotatable bonds is 3. The van der Waals surface area contributed by atoms with Crippen LogP contribution in [0.1, 0.15) is 22.0 Å². The van der Waals surface area contributed by atoms with Crippen LogP contribution in [0.2, 0.25) is 0 Å². The third-order valence-electron chi connectivity index (χ3n) is 3.94. The Kier molecular flexibility index (Phi) is 4.70. The Morgan fingerprint density at radius 1 is 1.13 bits per heavy atom. The van der Waals surface area contributed by atoms with Crippen LogP contribution >= 0.6 is 11.3 Å². The molecule has 0 spiro atoms. The van der Waals surface area contributed by atoms with Gasteiger partial charge in [-0.05, 0) is 29.1 Å². The topological polar surface area (TPSA) is 15.3 Å². The van der Waals surface area contributed by atoms with Crippen molar-refractivity contribution in [1.82, 2.24) is 10.2 Å². The summed E-state index contributed by atoms with van der Waals surface area (Å²) in [4.78, 5) is 2.86. The van der Waals surface area contributed by atoms with E-state index in [-0.39, 0.29) is 5.56 Å². The minimum atomic E-state index is -4.58. The number of nitrogens with zero attached hydrogens (tertiary/aromatic N) is 1. The Morgan fingerprint density at radius 3 is 2.48 bits per heavy atom. The highest BCUT2D eigenvalue weighted by atomic mass is 32.1. The summed E-state index contributed by atoms with van der Waals surface area (Å²) in [6.45, 7) is 2.75. The Labute approximate surface area is 135 Å². The van der Waals surface area contributed by atoms with Crippen molar-refractivity contribution < 1.29 is 17.6 Å². The second kappa shape index (κ2) is 6.59. The number of thiophene rings is 1. The van der Waals surface area contributed by atoms with E-state index in [9.17, 15) is 17.6 Å². The number of alkyl halides is 3. The minimum Gasteiger partial charge on any atom is -0.314 e. The molecule has 2 aromatic rings. The number of benzene rings is 1. The zero-order valence-electron chi connectivity index (χ0n) is 12.2. The van der Waals surface area contributed by atoms with Gasteiger partial charge in [-0.25, -0.2) is 4.39 Å². The summed E-state index contributed by atoms with van der Waals surface area (Å²) in [6.07, 6.45) is -4.58. The average Bonchev–Trinajstić information content (AvgIpc) is 3.03. The number of piperazine rings is 1. The van der Waals surface area contributed by atoms with Gasteiger partial charge in [0.05, 0.1) is 11.6 Å². The predicted octanol–water partition coefficient (Wildman–Crippen LogP) is 3.90. The standard InChI is InChI=1S/C16H16F4N2S/c17-11-3-4-12(13(10-11)16(18,19)20)15(14-2-1-9-23-14)22-7-5-21-6-8-22/h1-4,9-10,15,21H,5-8H2/t15-/m1/s1. The second-order valence-electron chi connectivity index (χ2n) is 5.43. The monoisotopic (exact) mass is 344 g/mol. The van der Waals surface area contributed by atoms with Crippen molar-refractivity contribution in [3.05, 3.63) is 57.5 Å². The molecule has 0 unspecified atom stereocenters. The number of hydrogen-bond donors (Lipinski definition) is 1. The van der Waals surface area contributed by atoms with Crippen molar-refractivity contribution in [3.63, 3.8) is 0 Å². The molecule has 1 atom stereocenters. The first-order valence-corrected chi connectivity index (χ1v) is 8.19. The van der Waals surface area contributed by atoms with Crippen LogP contribution in [0.4, 0.5) is 17.6 Å². The fraction of sp³-hybridized carbons (Fsp3) is 0.375. The van der Waals surface area contributed by atoms with Gasteiger partial charge in [-0.3, -0.25) is 4.90 Å². The molecule has 0 amide bonds. The average molecular weight is 344 g/mol. The van der Waals surface area contributed by atoms with Gasteiger partial charge >= 0.3 is 6.18 Å². The number of nitrogens with one attached hydrogen (secondary N) is 1. The molecule has 1 fully saturated rings. The van der Waals surface area contributed by atoms with Gasteiger partial charge in [0.25, 0.3) is 0 Å². The van der Waals surface area contributed by atoms with Crippen molar-refractivity contribution in [1.29, 1.82) is 0 Å². The molecule has 0 radical (unpaired) electrons. The highest BCUT2D eigenvalue weighted by Gasteiger charge is 2.38. The van der Waals surface area contributed by atoms with E-state index in [2.05, 4.69) is 5.32 Å². The normalized spacial score (nSPS) is 18.1. The molecule has 2 heterocycles. The fourth-order valence-electron chi connectivity index (χ4n) is 2.93. The predicted molar refractivity (Wildman–Crippen MR) is 82.0 cm³/mol. The van der Waals surface area contributed by atoms with Crippen LogP contribution in [0.25, 0.3) is 0 Å². The first-order valence-electron chi connectivity index (χ1n) is 7.31. The Balaban J connectivity index is 2.10. The van der Waals surface area contributed by atoms with E-state index >= 15 is 0 Å². The molecule has 23 heavy (non-hydrogen) atoms. The number of halogens is 4. The maximum absolute atomic E-state index is 13.4. The van der Waals surface area contributed by atoms with Crippen LogP contribution in [0.3, 0.4) is 0 Å². The molecule has 124 valence electrons. The van der Waals surface area contributed by atoms with Gasteiger partial charge in [0, 0.05) is 31.1 Å². The lowest BCUT2D eigenvalue weighted by atomic mass is 9.96. The zero-order valence-corrected chi connectivity index (χ0v) is 13.1.